The Kier molecular flexibility index (Phi) is 6.24. The fraction of sp³-hybridized carbons (Fsp3) is 0.625. The SMILES string of the molecule is Cc1ccc(C2COCCS2(C[Si](C)(C)C)OS(=O)(=O)C(F)(F)F)cc1. The van der Waals surface area contributed by atoms with Crippen LogP contribution in [0.15, 0.2) is 24.3 Å². The van der Waals surface area contributed by atoms with Crippen molar-refractivity contribution in [1.82, 2.24) is 0 Å². The number of hydrogen-bond donors (Lipinski definition) is 0. The Hall–Kier alpha value is -0.553. The minimum Gasteiger partial charge on any atom is -0.379 e. The van der Waals surface area contributed by atoms with Gasteiger partial charge in [0.25, 0.3) is 0 Å². The van der Waals surface area contributed by atoms with Crippen molar-refractivity contribution in [3.05, 3.63) is 35.4 Å². The van der Waals surface area contributed by atoms with Crippen LogP contribution >= 0.6 is 10.3 Å². The van der Waals surface area contributed by atoms with Gasteiger partial charge in [0.2, 0.25) is 0 Å². The van der Waals surface area contributed by atoms with Gasteiger partial charge in [0.05, 0.1) is 26.5 Å². The second-order valence-electron chi connectivity index (χ2n) is 7.72. The Bertz CT molecular complexity index is 729. The Morgan fingerprint density at radius 1 is 1.23 bits per heavy atom. The highest BCUT2D eigenvalue weighted by molar-refractivity contribution is 8.34. The van der Waals surface area contributed by atoms with Crippen LogP contribution in [0.5, 0.6) is 0 Å². The smallest absolute Gasteiger partial charge is 0.379 e. The van der Waals surface area contributed by atoms with Gasteiger partial charge in [-0.2, -0.15) is 21.6 Å². The second-order valence-corrected chi connectivity index (χ2v) is 18.6. The van der Waals surface area contributed by atoms with E-state index < -0.39 is 39.3 Å². The molecule has 2 atom stereocenters. The van der Waals surface area contributed by atoms with Crippen LogP contribution in [0.3, 0.4) is 0 Å². The van der Waals surface area contributed by atoms with Gasteiger partial charge >= 0.3 is 15.6 Å². The molecule has 0 amide bonds. The normalized spacial score (nSPS) is 27.7. The summed E-state index contributed by atoms with van der Waals surface area (Å²) in [6, 6.07) is 7.37. The van der Waals surface area contributed by atoms with Crippen molar-refractivity contribution >= 4 is 28.5 Å². The van der Waals surface area contributed by atoms with E-state index in [0.29, 0.717) is 5.38 Å². The van der Waals surface area contributed by atoms with Gasteiger partial charge < -0.3 is 4.74 Å². The summed E-state index contributed by atoms with van der Waals surface area (Å²) in [7, 11) is -10.2. The average molecular weight is 431 g/mol. The number of benzene rings is 1. The van der Waals surface area contributed by atoms with Crippen molar-refractivity contribution in [3.63, 3.8) is 0 Å². The second kappa shape index (κ2) is 7.46. The number of halogens is 3. The quantitative estimate of drug-likeness (QED) is 0.509. The lowest BCUT2D eigenvalue weighted by Gasteiger charge is -2.50. The molecule has 26 heavy (non-hydrogen) atoms. The van der Waals surface area contributed by atoms with Crippen molar-refractivity contribution in [3.8, 4) is 0 Å². The van der Waals surface area contributed by atoms with Gasteiger partial charge in [-0.05, 0) is 17.9 Å². The van der Waals surface area contributed by atoms with E-state index in [0.717, 1.165) is 11.1 Å². The van der Waals surface area contributed by atoms with Gasteiger partial charge in [-0.15, -0.1) is 10.3 Å². The molecule has 1 aliphatic heterocycles. The third-order valence-electron chi connectivity index (χ3n) is 4.00. The van der Waals surface area contributed by atoms with E-state index in [1.54, 1.807) is 0 Å². The topological polar surface area (TPSA) is 52.6 Å². The first kappa shape index (κ1) is 21.7. The fourth-order valence-electron chi connectivity index (χ4n) is 3.01. The third-order valence-corrected chi connectivity index (χ3v) is 14.1. The van der Waals surface area contributed by atoms with E-state index in [1.807, 2.05) is 50.8 Å². The van der Waals surface area contributed by atoms with Crippen LogP contribution < -0.4 is 0 Å². The van der Waals surface area contributed by atoms with Crippen LogP contribution in [0.2, 0.25) is 19.6 Å². The van der Waals surface area contributed by atoms with E-state index in [9.17, 15) is 21.6 Å². The van der Waals surface area contributed by atoms with E-state index in [4.69, 9.17) is 8.37 Å². The molecule has 1 saturated heterocycles. The minimum absolute atomic E-state index is 0.163. The Morgan fingerprint density at radius 3 is 2.31 bits per heavy atom. The predicted octanol–water partition coefficient (Wildman–Crippen LogP) is 4.53. The molecule has 0 aromatic heterocycles. The molecule has 1 aromatic carbocycles. The molecule has 1 heterocycles. The maximum absolute atomic E-state index is 13.1. The molecule has 1 aliphatic rings. The van der Waals surface area contributed by atoms with E-state index in [1.165, 1.54) is 0 Å². The number of alkyl halides is 3. The van der Waals surface area contributed by atoms with Crippen molar-refractivity contribution in [1.29, 1.82) is 0 Å². The monoisotopic (exact) mass is 430 g/mol. The molecule has 1 aromatic rings. The van der Waals surface area contributed by atoms with Crippen LogP contribution in [-0.4, -0.2) is 46.3 Å². The van der Waals surface area contributed by atoms with Crippen LogP contribution in [-0.2, 0) is 18.5 Å². The summed E-state index contributed by atoms with van der Waals surface area (Å²) in [5.41, 5.74) is -3.65. The van der Waals surface area contributed by atoms with Gasteiger partial charge in [-0.1, -0.05) is 49.5 Å². The van der Waals surface area contributed by atoms with Gasteiger partial charge in [0.15, 0.2) is 0 Å². The van der Waals surface area contributed by atoms with E-state index in [-0.39, 0.29) is 19.0 Å². The summed E-state index contributed by atoms with van der Waals surface area (Å²) >= 11 is 0. The van der Waals surface area contributed by atoms with Crippen molar-refractivity contribution in [2.45, 2.75) is 37.3 Å². The first-order valence-electron chi connectivity index (χ1n) is 8.20. The number of aryl methyl sites for hydroxylation is 1. The molecular formula is C16H25F3O4S2Si. The lowest BCUT2D eigenvalue weighted by Crippen LogP contribution is -2.42. The lowest BCUT2D eigenvalue weighted by atomic mass is 10.1. The van der Waals surface area contributed by atoms with Crippen LogP contribution in [0.25, 0.3) is 0 Å². The Labute approximate surface area is 155 Å². The molecule has 2 unspecified atom stereocenters. The average Bonchev–Trinajstić information content (AvgIpc) is 2.45. The van der Waals surface area contributed by atoms with Crippen molar-refractivity contribution in [2.24, 2.45) is 0 Å². The highest BCUT2D eigenvalue weighted by atomic mass is 32.3. The van der Waals surface area contributed by atoms with Gasteiger partial charge in [-0.25, -0.2) is 3.63 Å². The number of hydrogen-bond acceptors (Lipinski definition) is 4. The van der Waals surface area contributed by atoms with Gasteiger partial charge in [0, 0.05) is 5.75 Å². The van der Waals surface area contributed by atoms with Crippen LogP contribution in [0.1, 0.15) is 16.4 Å². The molecule has 0 bridgehead atoms. The molecule has 0 radical (unpaired) electrons. The summed E-state index contributed by atoms with van der Waals surface area (Å²) in [6.07, 6.45) is 0. The summed E-state index contributed by atoms with van der Waals surface area (Å²) in [5, 5.41) is -0.127. The molecule has 0 saturated carbocycles. The molecular weight excluding hydrogens is 405 g/mol. The Morgan fingerprint density at radius 2 is 1.81 bits per heavy atom. The van der Waals surface area contributed by atoms with Gasteiger partial charge in [0.1, 0.15) is 0 Å². The molecule has 2 rings (SSSR count). The zero-order valence-corrected chi connectivity index (χ0v) is 17.9. The largest absolute Gasteiger partial charge is 0.523 e. The van der Waals surface area contributed by atoms with Crippen molar-refractivity contribution < 1.29 is 30.0 Å². The third kappa shape index (κ3) is 5.03. The minimum atomic E-state index is -5.67. The standard InChI is InChI=1S/C16H25F3O4S2Si/c1-13-5-7-14(8-6-13)15-11-22-9-10-24(15,12-26(2,3)4)23-25(20,21)16(17,18)19/h5-8,15H,9-12H2,1-4H3. The van der Waals surface area contributed by atoms with E-state index >= 15 is 0 Å². The Balaban J connectivity index is 2.53. The first-order chi connectivity index (χ1) is 11.8. The zero-order chi connectivity index (χ0) is 19.8. The van der Waals surface area contributed by atoms with Crippen molar-refractivity contribution in [2.75, 3.05) is 24.3 Å². The maximum Gasteiger partial charge on any atom is 0.523 e. The zero-order valence-electron chi connectivity index (χ0n) is 15.3. The lowest BCUT2D eigenvalue weighted by molar-refractivity contribution is -0.0497. The molecule has 1 fully saturated rings. The predicted molar refractivity (Wildman–Crippen MR) is 101 cm³/mol. The molecule has 10 heteroatoms. The maximum atomic E-state index is 13.1. The first-order valence-corrected chi connectivity index (χ1v) is 15.3. The highest BCUT2D eigenvalue weighted by Crippen LogP contribution is 2.65. The molecule has 4 nitrogen and oxygen atoms in total. The molecule has 150 valence electrons. The summed E-state index contributed by atoms with van der Waals surface area (Å²) in [5.74, 6) is 0.186. The highest BCUT2D eigenvalue weighted by Gasteiger charge is 2.54. The van der Waals surface area contributed by atoms with Crippen LogP contribution in [0.4, 0.5) is 13.2 Å². The van der Waals surface area contributed by atoms with E-state index in [2.05, 4.69) is 0 Å². The summed E-state index contributed by atoms with van der Waals surface area (Å²) < 4.78 is 73.6. The molecule has 0 aliphatic carbocycles. The fourth-order valence-corrected chi connectivity index (χ4v) is 15.0. The molecule has 0 spiro atoms. The number of ether oxygens (including phenoxy) is 1. The van der Waals surface area contributed by atoms with Gasteiger partial charge in [-0.3, -0.25) is 0 Å². The molecule has 0 N–H and O–H groups in total. The van der Waals surface area contributed by atoms with Crippen LogP contribution in [0, 0.1) is 6.92 Å². The summed E-state index contributed by atoms with van der Waals surface area (Å²) in [6.45, 7) is 8.30. The number of rotatable bonds is 5. The summed E-state index contributed by atoms with van der Waals surface area (Å²) in [4.78, 5) is 0.